The fraction of sp³-hybridized carbons (Fsp3) is 0. The summed E-state index contributed by atoms with van der Waals surface area (Å²) in [5.41, 5.74) is 6.46. The van der Waals surface area contributed by atoms with Crippen molar-refractivity contribution in [1.29, 1.82) is 0 Å². The third-order valence-electron chi connectivity index (χ3n) is 3.44. The van der Waals surface area contributed by atoms with Crippen molar-refractivity contribution in [1.82, 2.24) is 15.0 Å². The predicted octanol–water partition coefficient (Wildman–Crippen LogP) is 4.20. The molecule has 3 N–H and O–H groups in total. The molecule has 4 rings (SSSR count). The molecule has 0 spiro atoms. The summed E-state index contributed by atoms with van der Waals surface area (Å²) in [5.74, 6) is 1.44. The summed E-state index contributed by atoms with van der Waals surface area (Å²) in [6.07, 6.45) is 3.11. The Labute approximate surface area is 142 Å². The van der Waals surface area contributed by atoms with Gasteiger partial charge in [-0.15, -0.1) is 11.3 Å². The van der Waals surface area contributed by atoms with Crippen LogP contribution in [-0.2, 0) is 0 Å². The first kappa shape index (κ1) is 14.4. The molecule has 0 unspecified atom stereocenters. The monoisotopic (exact) mass is 335 g/mol. The summed E-state index contributed by atoms with van der Waals surface area (Å²) in [4.78, 5) is 12.4. The highest BCUT2D eigenvalue weighted by atomic mass is 32.1. The zero-order valence-electron chi connectivity index (χ0n) is 12.5. The highest BCUT2D eigenvalue weighted by Crippen LogP contribution is 2.32. The van der Waals surface area contributed by atoms with E-state index >= 15 is 0 Å². The van der Waals surface area contributed by atoms with Crippen LogP contribution in [0.5, 0.6) is 11.6 Å². The average molecular weight is 335 g/mol. The van der Waals surface area contributed by atoms with Crippen LogP contribution in [0.15, 0.2) is 60.4 Å². The molecule has 4 aromatic rings. The maximum Gasteiger partial charge on any atom is 0.248 e. The normalized spacial score (nSPS) is 10.7. The molecule has 0 aliphatic carbocycles. The fourth-order valence-corrected chi connectivity index (χ4v) is 2.82. The van der Waals surface area contributed by atoms with Crippen molar-refractivity contribution in [2.75, 3.05) is 11.1 Å². The van der Waals surface area contributed by atoms with Gasteiger partial charge in [0.25, 0.3) is 0 Å². The van der Waals surface area contributed by atoms with E-state index in [1.807, 2.05) is 47.8 Å². The maximum absolute atomic E-state index is 6.12. The number of nitrogens with two attached hydrogens (primary N) is 1. The van der Waals surface area contributed by atoms with Gasteiger partial charge in [0.2, 0.25) is 5.88 Å². The van der Waals surface area contributed by atoms with E-state index in [1.54, 1.807) is 6.20 Å². The summed E-state index contributed by atoms with van der Waals surface area (Å²) in [7, 11) is 0. The summed E-state index contributed by atoms with van der Waals surface area (Å²) in [5, 5.41) is 7.86. The van der Waals surface area contributed by atoms with Crippen LogP contribution >= 0.6 is 11.3 Å². The minimum Gasteiger partial charge on any atom is -0.437 e. The number of ether oxygens (including phenoxy) is 1. The molecular weight excluding hydrogens is 322 g/mol. The quantitative estimate of drug-likeness (QED) is 0.581. The molecule has 0 amide bonds. The van der Waals surface area contributed by atoms with Crippen molar-refractivity contribution < 1.29 is 4.74 Å². The molecule has 0 bridgehead atoms. The van der Waals surface area contributed by atoms with Gasteiger partial charge in [0, 0.05) is 11.6 Å². The van der Waals surface area contributed by atoms with Crippen molar-refractivity contribution in [3.05, 3.63) is 60.4 Å². The summed E-state index contributed by atoms with van der Waals surface area (Å²) >= 11 is 1.46. The lowest BCUT2D eigenvalue weighted by Gasteiger charge is -2.11. The number of thiazole rings is 1. The molecule has 0 aliphatic rings. The molecule has 6 nitrogen and oxygen atoms in total. The Morgan fingerprint density at radius 2 is 1.88 bits per heavy atom. The van der Waals surface area contributed by atoms with Gasteiger partial charge in [-0.05, 0) is 22.9 Å². The first-order valence-electron chi connectivity index (χ1n) is 7.23. The lowest BCUT2D eigenvalue weighted by molar-refractivity contribution is 0.465. The second-order valence-electron chi connectivity index (χ2n) is 5.01. The van der Waals surface area contributed by atoms with E-state index in [0.717, 1.165) is 10.8 Å². The Hall–Kier alpha value is -3.19. The van der Waals surface area contributed by atoms with Crippen LogP contribution in [-0.4, -0.2) is 15.0 Å². The molecule has 7 heteroatoms. The van der Waals surface area contributed by atoms with Gasteiger partial charge in [-0.25, -0.2) is 9.97 Å². The lowest BCUT2D eigenvalue weighted by atomic mass is 10.1. The molecule has 118 valence electrons. The first-order chi connectivity index (χ1) is 11.8. The van der Waals surface area contributed by atoms with Crippen molar-refractivity contribution in [3.63, 3.8) is 0 Å². The Morgan fingerprint density at radius 3 is 2.71 bits per heavy atom. The fourth-order valence-electron chi connectivity index (χ4n) is 2.29. The summed E-state index contributed by atoms with van der Waals surface area (Å²) in [6.45, 7) is 0. The smallest absolute Gasteiger partial charge is 0.248 e. The highest BCUT2D eigenvalue weighted by Gasteiger charge is 2.11. The minimum atomic E-state index is 0.305. The third-order valence-corrected chi connectivity index (χ3v) is 4.13. The minimum absolute atomic E-state index is 0.305. The van der Waals surface area contributed by atoms with Gasteiger partial charge >= 0.3 is 0 Å². The number of aromatic nitrogens is 3. The number of hydrogen-bond donors (Lipinski definition) is 2. The van der Waals surface area contributed by atoms with Crippen LogP contribution in [0.25, 0.3) is 10.8 Å². The Kier molecular flexibility index (Phi) is 3.68. The zero-order chi connectivity index (χ0) is 16.4. The Balaban J connectivity index is 1.63. The SMILES string of the molecule is Nc1c(Nc2nccs2)ncnc1Oc1ccc2ccccc2c1. The number of anilines is 3. The van der Waals surface area contributed by atoms with E-state index in [-0.39, 0.29) is 0 Å². The van der Waals surface area contributed by atoms with Crippen molar-refractivity contribution in [3.8, 4) is 11.6 Å². The zero-order valence-corrected chi connectivity index (χ0v) is 13.3. The van der Waals surface area contributed by atoms with E-state index in [9.17, 15) is 0 Å². The topological polar surface area (TPSA) is 86.0 Å². The van der Waals surface area contributed by atoms with E-state index in [4.69, 9.17) is 10.5 Å². The largest absolute Gasteiger partial charge is 0.437 e. The average Bonchev–Trinajstić information content (AvgIpc) is 3.11. The number of nitrogens with zero attached hydrogens (tertiary/aromatic N) is 3. The molecule has 0 atom stereocenters. The Bertz CT molecular complexity index is 987. The van der Waals surface area contributed by atoms with Gasteiger partial charge in [-0.2, -0.15) is 4.98 Å². The molecule has 0 radical (unpaired) electrons. The van der Waals surface area contributed by atoms with Gasteiger partial charge in [-0.3, -0.25) is 0 Å². The van der Waals surface area contributed by atoms with Crippen LogP contribution in [0.3, 0.4) is 0 Å². The van der Waals surface area contributed by atoms with Crippen LogP contribution in [0.1, 0.15) is 0 Å². The molecule has 2 aromatic heterocycles. The lowest BCUT2D eigenvalue weighted by Crippen LogP contribution is -2.02. The summed E-state index contributed by atoms with van der Waals surface area (Å²) < 4.78 is 5.84. The second kappa shape index (κ2) is 6.13. The van der Waals surface area contributed by atoms with Crippen molar-refractivity contribution in [2.24, 2.45) is 0 Å². The van der Waals surface area contributed by atoms with Crippen LogP contribution in [0.4, 0.5) is 16.6 Å². The van der Waals surface area contributed by atoms with Gasteiger partial charge in [0.1, 0.15) is 17.8 Å². The number of nitrogen functional groups attached to an aromatic ring is 1. The van der Waals surface area contributed by atoms with Crippen molar-refractivity contribution >= 4 is 38.7 Å². The van der Waals surface area contributed by atoms with E-state index in [1.165, 1.54) is 17.7 Å². The molecule has 2 aromatic carbocycles. The number of nitrogens with one attached hydrogen (secondary N) is 1. The van der Waals surface area contributed by atoms with Gasteiger partial charge in [-0.1, -0.05) is 30.3 Å². The van der Waals surface area contributed by atoms with Crippen LogP contribution < -0.4 is 15.8 Å². The van der Waals surface area contributed by atoms with E-state index < -0.39 is 0 Å². The number of benzene rings is 2. The number of fused-ring (bicyclic) bond motifs is 1. The predicted molar refractivity (Wildman–Crippen MR) is 95.9 cm³/mol. The van der Waals surface area contributed by atoms with Crippen LogP contribution in [0, 0.1) is 0 Å². The molecule has 0 saturated heterocycles. The molecule has 0 saturated carbocycles. The van der Waals surface area contributed by atoms with Gasteiger partial charge in [0.05, 0.1) is 0 Å². The van der Waals surface area contributed by atoms with Gasteiger partial charge < -0.3 is 15.8 Å². The molecule has 0 aliphatic heterocycles. The number of hydrogen-bond acceptors (Lipinski definition) is 7. The maximum atomic E-state index is 6.12. The molecule has 24 heavy (non-hydrogen) atoms. The molecular formula is C17H13N5OS. The first-order valence-corrected chi connectivity index (χ1v) is 8.11. The highest BCUT2D eigenvalue weighted by molar-refractivity contribution is 7.13. The summed E-state index contributed by atoms with van der Waals surface area (Å²) in [6, 6.07) is 13.9. The Morgan fingerprint density at radius 1 is 1.00 bits per heavy atom. The molecule has 2 heterocycles. The second-order valence-corrected chi connectivity index (χ2v) is 5.91. The standard InChI is InChI=1S/C17H13N5OS/c18-14-15(22-17-19-7-8-24-17)20-10-21-16(14)23-13-6-5-11-3-1-2-4-12(11)9-13/h1-10H,18H2,(H,19,20,21,22). The van der Waals surface area contributed by atoms with E-state index in [2.05, 4.69) is 20.3 Å². The molecule has 0 fully saturated rings. The van der Waals surface area contributed by atoms with Gasteiger partial charge in [0.15, 0.2) is 10.9 Å². The van der Waals surface area contributed by atoms with Crippen LogP contribution in [0.2, 0.25) is 0 Å². The van der Waals surface area contributed by atoms with E-state index in [0.29, 0.717) is 28.3 Å². The third kappa shape index (κ3) is 2.84. The number of rotatable bonds is 4. The van der Waals surface area contributed by atoms with Crippen molar-refractivity contribution in [2.45, 2.75) is 0 Å².